The van der Waals surface area contributed by atoms with Crippen LogP contribution >= 0.6 is 11.3 Å². The fraction of sp³-hybridized carbons (Fsp3) is 0.571. The maximum atomic E-state index is 13.4. The largest absolute Gasteiger partial charge is 0.396 e. The highest BCUT2D eigenvalue weighted by Crippen LogP contribution is 2.36. The van der Waals surface area contributed by atoms with E-state index >= 15 is 0 Å². The molecule has 30 heavy (non-hydrogen) atoms. The van der Waals surface area contributed by atoms with Gasteiger partial charge in [-0.05, 0) is 26.2 Å². The number of aryl methyl sites for hydroxylation is 2. The lowest BCUT2D eigenvalue weighted by Crippen LogP contribution is -2.31. The number of aliphatic hydroxyl groups excluding tert-OH is 1. The van der Waals surface area contributed by atoms with Crippen molar-refractivity contribution in [3.8, 4) is 0 Å². The second kappa shape index (κ2) is 10.6. The Labute approximate surface area is 182 Å². The zero-order chi connectivity index (χ0) is 22.4. The molecule has 0 radical (unpaired) electrons. The van der Waals surface area contributed by atoms with Crippen LogP contribution in [0.5, 0.6) is 0 Å². The Balaban J connectivity index is 2.59. The van der Waals surface area contributed by atoms with Crippen LogP contribution in [-0.4, -0.2) is 65.8 Å². The normalized spacial score (nSPS) is 11.1. The first-order chi connectivity index (χ1) is 14.2. The van der Waals surface area contributed by atoms with Gasteiger partial charge in [0.15, 0.2) is 0 Å². The van der Waals surface area contributed by atoms with E-state index in [9.17, 15) is 9.59 Å². The van der Waals surface area contributed by atoms with E-state index in [1.54, 1.807) is 19.0 Å². The number of carbonyl (C=O) groups excluding carboxylic acids is 2. The van der Waals surface area contributed by atoms with Gasteiger partial charge in [-0.25, -0.2) is 0 Å². The predicted octanol–water partition coefficient (Wildman–Crippen LogP) is 2.56. The first kappa shape index (κ1) is 23.9. The van der Waals surface area contributed by atoms with Crippen LogP contribution in [0, 0.1) is 19.8 Å². The van der Waals surface area contributed by atoms with E-state index in [1.165, 1.54) is 11.3 Å². The smallest absolute Gasteiger partial charge is 0.255 e. The third kappa shape index (κ3) is 5.40. The third-order valence-corrected chi connectivity index (χ3v) is 6.08. The molecule has 2 rings (SSSR count). The predicted molar refractivity (Wildman–Crippen MR) is 121 cm³/mol. The lowest BCUT2D eigenvalue weighted by Gasteiger charge is -2.18. The van der Waals surface area contributed by atoms with Crippen LogP contribution in [0.2, 0.25) is 0 Å². The van der Waals surface area contributed by atoms with E-state index in [0.29, 0.717) is 48.0 Å². The quantitative estimate of drug-likeness (QED) is 0.458. The number of nitrogens with one attached hydrogen (secondary N) is 3. The van der Waals surface area contributed by atoms with E-state index in [2.05, 4.69) is 34.7 Å². The highest BCUT2D eigenvalue weighted by atomic mass is 32.1. The summed E-state index contributed by atoms with van der Waals surface area (Å²) in [5.74, 6) is -0.120. The minimum atomic E-state index is -0.289. The average Bonchev–Trinajstić information content (AvgIpc) is 3.24. The second-order valence-corrected chi connectivity index (χ2v) is 8.96. The van der Waals surface area contributed by atoms with Crippen LogP contribution in [0.25, 0.3) is 0 Å². The van der Waals surface area contributed by atoms with Crippen molar-refractivity contribution in [1.82, 2.24) is 20.4 Å². The number of hydrogen-bond acceptors (Lipinski definition) is 6. The van der Waals surface area contributed by atoms with Gasteiger partial charge in [0.05, 0.1) is 16.8 Å². The Morgan fingerprint density at radius 3 is 2.50 bits per heavy atom. The number of anilines is 1. The second-order valence-electron chi connectivity index (χ2n) is 7.85. The zero-order valence-electron chi connectivity index (χ0n) is 18.7. The Kier molecular flexibility index (Phi) is 8.43. The van der Waals surface area contributed by atoms with Crippen molar-refractivity contribution in [3.05, 3.63) is 33.0 Å². The maximum absolute atomic E-state index is 13.4. The molecule has 0 spiro atoms. The van der Waals surface area contributed by atoms with Crippen LogP contribution in [0.4, 0.5) is 5.00 Å². The highest BCUT2D eigenvalue weighted by Gasteiger charge is 2.30. The molecule has 0 saturated heterocycles. The zero-order valence-corrected chi connectivity index (χ0v) is 19.5. The van der Waals surface area contributed by atoms with Gasteiger partial charge < -0.3 is 20.6 Å². The number of thiophene rings is 1. The van der Waals surface area contributed by atoms with Gasteiger partial charge in [-0.15, -0.1) is 11.3 Å². The van der Waals surface area contributed by atoms with Crippen molar-refractivity contribution < 1.29 is 14.7 Å². The van der Waals surface area contributed by atoms with E-state index in [4.69, 9.17) is 5.11 Å². The van der Waals surface area contributed by atoms with Crippen LogP contribution in [0.1, 0.15) is 62.8 Å². The van der Waals surface area contributed by atoms with Crippen molar-refractivity contribution >= 4 is 28.2 Å². The summed E-state index contributed by atoms with van der Waals surface area (Å²) in [7, 11) is 3.27. The molecule has 0 saturated carbocycles. The molecule has 2 heterocycles. The van der Waals surface area contributed by atoms with E-state index in [0.717, 1.165) is 21.8 Å². The first-order valence-corrected chi connectivity index (χ1v) is 11.0. The lowest BCUT2D eigenvalue weighted by atomic mass is 10.0. The van der Waals surface area contributed by atoms with Crippen molar-refractivity contribution in [1.29, 1.82) is 0 Å². The number of amides is 2. The van der Waals surface area contributed by atoms with Gasteiger partial charge in [-0.2, -0.15) is 5.10 Å². The van der Waals surface area contributed by atoms with Crippen LogP contribution in [0.15, 0.2) is 0 Å². The molecule has 2 amide bonds. The Hall–Kier alpha value is -2.39. The third-order valence-electron chi connectivity index (χ3n) is 4.94. The number of aromatic amines is 1. The van der Waals surface area contributed by atoms with Gasteiger partial charge in [0, 0.05) is 56.3 Å². The number of hydrogen-bond donors (Lipinski definition) is 4. The molecule has 0 fully saturated rings. The van der Waals surface area contributed by atoms with E-state index in [-0.39, 0.29) is 18.4 Å². The SMILES string of the molecule is CNC(=O)c1c(NCC(C)C)sc(Cc2c(C)n[nH]c2C)c1C(=O)N(C)CCCO. The van der Waals surface area contributed by atoms with Crippen LogP contribution in [-0.2, 0) is 6.42 Å². The fourth-order valence-corrected chi connectivity index (χ4v) is 4.39. The molecule has 0 atom stereocenters. The van der Waals surface area contributed by atoms with Crippen molar-refractivity contribution in [3.63, 3.8) is 0 Å². The summed E-state index contributed by atoms with van der Waals surface area (Å²) in [5.41, 5.74) is 3.67. The minimum Gasteiger partial charge on any atom is -0.396 e. The molecule has 9 heteroatoms. The monoisotopic (exact) mass is 435 g/mol. The molecule has 2 aromatic rings. The molecular formula is C21H33N5O3S. The van der Waals surface area contributed by atoms with Crippen molar-refractivity contribution in [2.75, 3.05) is 39.1 Å². The van der Waals surface area contributed by atoms with Gasteiger partial charge >= 0.3 is 0 Å². The molecule has 0 aliphatic carbocycles. The molecule has 4 N–H and O–H groups in total. The summed E-state index contributed by atoms with van der Waals surface area (Å²) in [6.07, 6.45) is 0.997. The summed E-state index contributed by atoms with van der Waals surface area (Å²) in [5, 5.41) is 23.1. The van der Waals surface area contributed by atoms with Gasteiger partial charge in [-0.3, -0.25) is 14.7 Å². The minimum absolute atomic E-state index is 0.00498. The number of H-pyrrole nitrogens is 1. The molecule has 0 aliphatic heterocycles. The van der Waals surface area contributed by atoms with Gasteiger partial charge in [0.25, 0.3) is 11.8 Å². The summed E-state index contributed by atoms with van der Waals surface area (Å²) < 4.78 is 0. The molecule has 8 nitrogen and oxygen atoms in total. The molecule has 0 bridgehead atoms. The standard InChI is InChI=1S/C21H33N5O3S/c1-12(2)11-23-20-18(19(28)22-5)17(21(29)26(6)8-7-9-27)16(30-20)10-15-13(3)24-25-14(15)4/h12,23,27H,7-11H2,1-6H3,(H,22,28)(H,24,25). The lowest BCUT2D eigenvalue weighted by molar-refractivity contribution is 0.0779. The highest BCUT2D eigenvalue weighted by molar-refractivity contribution is 7.17. The first-order valence-electron chi connectivity index (χ1n) is 10.2. The summed E-state index contributed by atoms with van der Waals surface area (Å²) in [4.78, 5) is 28.6. The van der Waals surface area contributed by atoms with Crippen LogP contribution in [0.3, 0.4) is 0 Å². The summed E-state index contributed by atoms with van der Waals surface area (Å²) in [6.45, 7) is 9.18. The maximum Gasteiger partial charge on any atom is 0.255 e. The van der Waals surface area contributed by atoms with E-state index in [1.807, 2.05) is 13.8 Å². The number of aliphatic hydroxyl groups is 1. The summed E-state index contributed by atoms with van der Waals surface area (Å²) >= 11 is 1.45. The molecule has 0 aliphatic rings. The molecule has 166 valence electrons. The number of nitrogens with zero attached hydrogens (tertiary/aromatic N) is 2. The number of aromatic nitrogens is 2. The Morgan fingerprint density at radius 2 is 1.97 bits per heavy atom. The Bertz CT molecular complexity index is 868. The van der Waals surface area contributed by atoms with Crippen molar-refractivity contribution in [2.45, 2.75) is 40.5 Å². The average molecular weight is 436 g/mol. The molecule has 2 aromatic heterocycles. The molecule has 0 unspecified atom stereocenters. The van der Waals surface area contributed by atoms with Crippen LogP contribution < -0.4 is 10.6 Å². The van der Waals surface area contributed by atoms with Crippen molar-refractivity contribution in [2.24, 2.45) is 5.92 Å². The topological polar surface area (TPSA) is 110 Å². The summed E-state index contributed by atoms with van der Waals surface area (Å²) in [6, 6.07) is 0. The van der Waals surface area contributed by atoms with Gasteiger partial charge in [-0.1, -0.05) is 13.8 Å². The number of rotatable bonds is 10. The molecular weight excluding hydrogens is 402 g/mol. The molecule has 0 aromatic carbocycles. The number of carbonyl (C=O) groups is 2. The fourth-order valence-electron chi connectivity index (χ4n) is 3.19. The van der Waals surface area contributed by atoms with Gasteiger partial charge in [0.1, 0.15) is 5.00 Å². The van der Waals surface area contributed by atoms with E-state index < -0.39 is 0 Å². The van der Waals surface area contributed by atoms with Gasteiger partial charge in [0.2, 0.25) is 0 Å². The Morgan fingerprint density at radius 1 is 1.27 bits per heavy atom.